The van der Waals surface area contributed by atoms with E-state index >= 15 is 0 Å². The fraction of sp³-hybridized carbons (Fsp3) is 0.667. The zero-order valence-corrected chi connectivity index (χ0v) is 18.8. The standard InChI is InChI=1S/C24H34N2O4/c1-15-12-17(20(21(27)28)25(4)16-6-7-23(2,3)14-16)19-18(13-15)24(22(29)26(19)5)8-10-30-11-9-24/h12-13,16,20H,6-11,14H2,1-5H3,(H,27,28)/t16-,20+/m0/s1. The van der Waals surface area contributed by atoms with Gasteiger partial charge in [0.1, 0.15) is 6.04 Å². The van der Waals surface area contributed by atoms with Gasteiger partial charge in [-0.25, -0.2) is 0 Å². The van der Waals surface area contributed by atoms with E-state index in [1.807, 2.05) is 24.9 Å². The van der Waals surface area contributed by atoms with E-state index in [1.54, 1.807) is 11.9 Å². The van der Waals surface area contributed by atoms with Crippen LogP contribution in [0.25, 0.3) is 0 Å². The second-order valence-electron chi connectivity index (χ2n) is 10.3. The van der Waals surface area contributed by atoms with Gasteiger partial charge in [-0.1, -0.05) is 31.5 Å². The summed E-state index contributed by atoms with van der Waals surface area (Å²) in [6.45, 7) is 7.62. The second-order valence-corrected chi connectivity index (χ2v) is 10.3. The summed E-state index contributed by atoms with van der Waals surface area (Å²) in [6.07, 6.45) is 4.38. The zero-order chi connectivity index (χ0) is 21.8. The minimum Gasteiger partial charge on any atom is -0.480 e. The molecule has 164 valence electrons. The average Bonchev–Trinajstić information content (AvgIpc) is 3.14. The van der Waals surface area contributed by atoms with E-state index in [-0.39, 0.29) is 17.4 Å². The largest absolute Gasteiger partial charge is 0.480 e. The predicted octanol–water partition coefficient (Wildman–Crippen LogP) is 3.66. The van der Waals surface area contributed by atoms with Gasteiger partial charge >= 0.3 is 5.97 Å². The highest BCUT2D eigenvalue weighted by molar-refractivity contribution is 6.09. The molecule has 6 heteroatoms. The number of benzene rings is 1. The number of nitrogens with zero attached hydrogens (tertiary/aromatic N) is 2. The molecule has 1 aliphatic carbocycles. The number of ether oxygens (including phenoxy) is 1. The molecule has 30 heavy (non-hydrogen) atoms. The van der Waals surface area contributed by atoms with E-state index in [9.17, 15) is 14.7 Å². The molecule has 1 N–H and O–H groups in total. The number of hydrogen-bond acceptors (Lipinski definition) is 4. The summed E-state index contributed by atoms with van der Waals surface area (Å²) in [5.74, 6) is -0.787. The number of carbonyl (C=O) groups is 2. The van der Waals surface area contributed by atoms with Crippen molar-refractivity contribution in [1.82, 2.24) is 4.90 Å². The molecule has 0 unspecified atom stereocenters. The van der Waals surface area contributed by atoms with Crippen LogP contribution < -0.4 is 4.90 Å². The molecule has 1 aromatic carbocycles. The first-order valence-electron chi connectivity index (χ1n) is 11.0. The van der Waals surface area contributed by atoms with E-state index in [0.29, 0.717) is 26.1 Å². The molecule has 3 aliphatic rings. The maximum atomic E-state index is 13.4. The molecular weight excluding hydrogens is 380 g/mol. The lowest BCUT2D eigenvalue weighted by Crippen LogP contribution is -2.43. The van der Waals surface area contributed by atoms with Crippen LogP contribution in [0.15, 0.2) is 12.1 Å². The molecule has 1 amide bonds. The molecule has 2 atom stereocenters. The number of hydrogen-bond donors (Lipinski definition) is 1. The third-order valence-corrected chi connectivity index (χ3v) is 7.65. The van der Waals surface area contributed by atoms with Gasteiger partial charge in [0.2, 0.25) is 5.91 Å². The minimum absolute atomic E-state index is 0.0708. The van der Waals surface area contributed by atoms with Crippen molar-refractivity contribution in [3.8, 4) is 0 Å². The molecule has 1 saturated carbocycles. The highest BCUT2D eigenvalue weighted by Crippen LogP contribution is 2.51. The van der Waals surface area contributed by atoms with Crippen LogP contribution >= 0.6 is 0 Å². The van der Waals surface area contributed by atoms with E-state index in [4.69, 9.17) is 4.74 Å². The summed E-state index contributed by atoms with van der Waals surface area (Å²) >= 11 is 0. The van der Waals surface area contributed by atoms with Crippen molar-refractivity contribution >= 4 is 17.6 Å². The van der Waals surface area contributed by atoms with Crippen molar-refractivity contribution in [3.05, 3.63) is 28.8 Å². The summed E-state index contributed by atoms with van der Waals surface area (Å²) in [4.78, 5) is 29.7. The molecule has 6 nitrogen and oxygen atoms in total. The zero-order valence-electron chi connectivity index (χ0n) is 18.8. The Morgan fingerprint density at radius 3 is 2.50 bits per heavy atom. The van der Waals surface area contributed by atoms with Gasteiger partial charge in [-0.15, -0.1) is 0 Å². The van der Waals surface area contributed by atoms with E-state index in [1.165, 1.54) is 0 Å². The Bertz CT molecular complexity index is 872. The summed E-state index contributed by atoms with van der Waals surface area (Å²) < 4.78 is 5.55. The average molecular weight is 415 g/mol. The monoisotopic (exact) mass is 414 g/mol. The van der Waals surface area contributed by atoms with Crippen LogP contribution in [0.1, 0.15) is 68.7 Å². The van der Waals surface area contributed by atoms with Gasteiger partial charge in [0, 0.05) is 31.9 Å². The molecule has 0 radical (unpaired) electrons. The number of carbonyl (C=O) groups excluding carboxylic acids is 1. The van der Waals surface area contributed by atoms with Gasteiger partial charge in [0.15, 0.2) is 0 Å². The van der Waals surface area contributed by atoms with Crippen molar-refractivity contribution in [2.24, 2.45) is 5.41 Å². The Labute approximate surface area is 179 Å². The minimum atomic E-state index is -0.858. The Balaban J connectivity index is 1.82. The lowest BCUT2D eigenvalue weighted by atomic mass is 9.74. The number of aliphatic carboxylic acids is 1. The third-order valence-electron chi connectivity index (χ3n) is 7.65. The Morgan fingerprint density at radius 1 is 1.27 bits per heavy atom. The van der Waals surface area contributed by atoms with Crippen LogP contribution in [0.5, 0.6) is 0 Å². The SMILES string of the molecule is Cc1cc([C@H](C(=O)O)N(C)[C@H]2CCC(C)(C)C2)c2c(c1)C1(CCOCC1)C(=O)N2C. The molecule has 1 spiro atoms. The number of amides is 1. The Kier molecular flexibility index (Phi) is 5.22. The molecule has 2 aliphatic heterocycles. The van der Waals surface area contributed by atoms with Gasteiger partial charge < -0.3 is 14.7 Å². The summed E-state index contributed by atoms with van der Waals surface area (Å²) in [7, 11) is 3.72. The van der Waals surface area contributed by atoms with E-state index in [2.05, 4.69) is 19.9 Å². The number of fused-ring (bicyclic) bond motifs is 2. The van der Waals surface area contributed by atoms with Crippen molar-refractivity contribution < 1.29 is 19.4 Å². The van der Waals surface area contributed by atoms with Crippen LogP contribution in [0.2, 0.25) is 0 Å². The Morgan fingerprint density at radius 2 is 1.93 bits per heavy atom. The highest BCUT2D eigenvalue weighted by atomic mass is 16.5. The van der Waals surface area contributed by atoms with E-state index < -0.39 is 17.4 Å². The number of rotatable bonds is 4. The number of carboxylic acid groups (broad SMARTS) is 1. The first kappa shape index (κ1) is 21.3. The van der Waals surface area contributed by atoms with Crippen LogP contribution in [0.3, 0.4) is 0 Å². The molecular formula is C24H34N2O4. The van der Waals surface area contributed by atoms with Crippen molar-refractivity contribution in [3.63, 3.8) is 0 Å². The summed E-state index contributed by atoms with van der Waals surface area (Å²) in [5.41, 5.74) is 3.17. The molecule has 0 aromatic heterocycles. The second kappa shape index (κ2) is 7.34. The van der Waals surface area contributed by atoms with Gasteiger partial charge in [-0.05, 0) is 57.1 Å². The first-order chi connectivity index (χ1) is 14.1. The highest BCUT2D eigenvalue weighted by Gasteiger charge is 2.52. The van der Waals surface area contributed by atoms with E-state index in [0.717, 1.165) is 41.6 Å². The van der Waals surface area contributed by atoms with Crippen LogP contribution in [0.4, 0.5) is 5.69 Å². The molecule has 0 bridgehead atoms. The first-order valence-corrected chi connectivity index (χ1v) is 11.0. The maximum Gasteiger partial charge on any atom is 0.325 e. The lowest BCUT2D eigenvalue weighted by Gasteiger charge is -2.34. The number of likely N-dealkylation sites (N-methyl/N-ethyl adjacent to an activating group) is 2. The number of carboxylic acids is 1. The van der Waals surface area contributed by atoms with Crippen molar-refractivity contribution in [2.75, 3.05) is 32.2 Å². The summed E-state index contributed by atoms with van der Waals surface area (Å²) in [6, 6.07) is 3.50. The van der Waals surface area contributed by atoms with Crippen LogP contribution in [-0.2, 0) is 19.7 Å². The smallest absolute Gasteiger partial charge is 0.325 e. The molecule has 1 saturated heterocycles. The fourth-order valence-corrected chi connectivity index (χ4v) is 5.98. The van der Waals surface area contributed by atoms with Crippen LogP contribution in [-0.4, -0.2) is 55.2 Å². The quantitative estimate of drug-likeness (QED) is 0.814. The molecule has 4 rings (SSSR count). The number of aryl methyl sites for hydroxylation is 1. The van der Waals surface area contributed by atoms with Gasteiger partial charge in [-0.2, -0.15) is 0 Å². The molecule has 2 heterocycles. The Hall–Kier alpha value is -1.92. The lowest BCUT2D eigenvalue weighted by molar-refractivity contribution is -0.144. The van der Waals surface area contributed by atoms with Crippen molar-refractivity contribution in [2.45, 2.75) is 70.4 Å². The maximum absolute atomic E-state index is 13.4. The third kappa shape index (κ3) is 3.25. The van der Waals surface area contributed by atoms with Crippen molar-refractivity contribution in [1.29, 1.82) is 0 Å². The van der Waals surface area contributed by atoms with Gasteiger partial charge in [0.25, 0.3) is 0 Å². The fourth-order valence-electron chi connectivity index (χ4n) is 5.98. The number of anilines is 1. The van der Waals surface area contributed by atoms with Gasteiger partial charge in [-0.3, -0.25) is 14.5 Å². The van der Waals surface area contributed by atoms with Crippen LogP contribution in [0, 0.1) is 12.3 Å². The molecule has 1 aromatic rings. The summed E-state index contributed by atoms with van der Waals surface area (Å²) in [5, 5.41) is 10.3. The topological polar surface area (TPSA) is 70.1 Å². The van der Waals surface area contributed by atoms with Gasteiger partial charge in [0.05, 0.1) is 11.1 Å². The predicted molar refractivity (Wildman–Crippen MR) is 116 cm³/mol. The molecule has 2 fully saturated rings. The normalized spacial score (nSPS) is 25.7.